The van der Waals surface area contributed by atoms with Crippen molar-refractivity contribution in [2.45, 2.75) is 38.0 Å². The molecule has 2 aromatic carbocycles. The van der Waals surface area contributed by atoms with Crippen LogP contribution in [0, 0.1) is 5.92 Å². The second-order valence-corrected chi connectivity index (χ2v) is 7.58. The molecule has 1 N–H and O–H groups in total. The number of carbonyl (C=O) groups is 1. The van der Waals surface area contributed by atoms with Gasteiger partial charge >= 0.3 is 5.97 Å². The van der Waals surface area contributed by atoms with E-state index in [0.717, 1.165) is 18.1 Å². The fourth-order valence-electron chi connectivity index (χ4n) is 2.90. The standard InChI is InChI=1S/C19H22O5S/c1-4-16(13(2)3)14-9-11-15(12-10-14)24-19(20)17-7-5-6-8-18(17)25(21,22)23/h5-13,16H,4H2,1-3H3,(H,21,22,23). The maximum Gasteiger partial charge on any atom is 0.344 e. The van der Waals surface area contributed by atoms with Crippen molar-refractivity contribution in [2.24, 2.45) is 5.92 Å². The van der Waals surface area contributed by atoms with Gasteiger partial charge in [0.05, 0.1) is 5.56 Å². The Labute approximate surface area is 148 Å². The van der Waals surface area contributed by atoms with E-state index in [0.29, 0.717) is 17.6 Å². The lowest BCUT2D eigenvalue weighted by Gasteiger charge is -2.19. The van der Waals surface area contributed by atoms with E-state index < -0.39 is 21.0 Å². The van der Waals surface area contributed by atoms with Crippen LogP contribution in [0.5, 0.6) is 5.75 Å². The van der Waals surface area contributed by atoms with Crippen molar-refractivity contribution in [1.29, 1.82) is 0 Å². The summed E-state index contributed by atoms with van der Waals surface area (Å²) in [6, 6.07) is 12.6. The van der Waals surface area contributed by atoms with E-state index in [1.165, 1.54) is 18.2 Å². The third-order valence-electron chi connectivity index (χ3n) is 4.15. The third kappa shape index (κ3) is 4.67. The Morgan fingerprint density at radius 3 is 2.20 bits per heavy atom. The average molecular weight is 362 g/mol. The average Bonchev–Trinajstić information content (AvgIpc) is 2.56. The lowest BCUT2D eigenvalue weighted by atomic mass is 9.86. The molecule has 0 saturated carbocycles. The maximum absolute atomic E-state index is 12.3. The van der Waals surface area contributed by atoms with Gasteiger partial charge in [0, 0.05) is 0 Å². The summed E-state index contributed by atoms with van der Waals surface area (Å²) in [4.78, 5) is 11.8. The summed E-state index contributed by atoms with van der Waals surface area (Å²) < 4.78 is 37.2. The second-order valence-electron chi connectivity index (χ2n) is 6.19. The highest BCUT2D eigenvalue weighted by molar-refractivity contribution is 7.86. The van der Waals surface area contributed by atoms with Crippen molar-refractivity contribution in [3.63, 3.8) is 0 Å². The van der Waals surface area contributed by atoms with Crippen LogP contribution in [0.1, 0.15) is 49.0 Å². The summed E-state index contributed by atoms with van der Waals surface area (Å²) in [7, 11) is -4.50. The molecule has 0 bridgehead atoms. The van der Waals surface area contributed by atoms with Gasteiger partial charge in [-0.2, -0.15) is 8.42 Å². The molecule has 0 fully saturated rings. The Morgan fingerprint density at radius 2 is 1.68 bits per heavy atom. The highest BCUT2D eigenvalue weighted by Crippen LogP contribution is 2.29. The minimum atomic E-state index is -4.50. The number of hydrogen-bond acceptors (Lipinski definition) is 4. The summed E-state index contributed by atoms with van der Waals surface area (Å²) >= 11 is 0. The Hall–Kier alpha value is -2.18. The molecule has 134 valence electrons. The zero-order chi connectivity index (χ0) is 18.6. The van der Waals surface area contributed by atoms with E-state index in [9.17, 15) is 17.8 Å². The molecule has 0 radical (unpaired) electrons. The Morgan fingerprint density at radius 1 is 1.08 bits per heavy atom. The zero-order valence-electron chi connectivity index (χ0n) is 14.5. The fraction of sp³-hybridized carbons (Fsp3) is 0.316. The predicted octanol–water partition coefficient (Wildman–Crippen LogP) is 4.30. The summed E-state index contributed by atoms with van der Waals surface area (Å²) in [6.07, 6.45) is 1.01. The van der Waals surface area contributed by atoms with Crippen molar-refractivity contribution in [1.82, 2.24) is 0 Å². The van der Waals surface area contributed by atoms with Crippen LogP contribution in [-0.2, 0) is 10.1 Å². The van der Waals surface area contributed by atoms with Crippen LogP contribution in [0.3, 0.4) is 0 Å². The predicted molar refractivity (Wildman–Crippen MR) is 95.5 cm³/mol. The molecule has 1 unspecified atom stereocenters. The highest BCUT2D eigenvalue weighted by atomic mass is 32.2. The van der Waals surface area contributed by atoms with Crippen molar-refractivity contribution in [3.8, 4) is 5.75 Å². The molecular formula is C19H22O5S. The highest BCUT2D eigenvalue weighted by Gasteiger charge is 2.21. The molecule has 0 amide bonds. The minimum absolute atomic E-state index is 0.206. The first kappa shape index (κ1) is 19.1. The fourth-order valence-corrected chi connectivity index (χ4v) is 3.58. The quantitative estimate of drug-likeness (QED) is 0.471. The first-order valence-electron chi connectivity index (χ1n) is 8.12. The number of ether oxygens (including phenoxy) is 1. The van der Waals surface area contributed by atoms with Gasteiger partial charge < -0.3 is 4.74 Å². The van der Waals surface area contributed by atoms with Crippen molar-refractivity contribution in [2.75, 3.05) is 0 Å². The normalized spacial score (nSPS) is 12.8. The van der Waals surface area contributed by atoms with Gasteiger partial charge in [0.15, 0.2) is 0 Å². The van der Waals surface area contributed by atoms with Gasteiger partial charge in [0.25, 0.3) is 10.1 Å². The SMILES string of the molecule is CCC(c1ccc(OC(=O)c2ccccc2S(=O)(=O)O)cc1)C(C)C. The van der Waals surface area contributed by atoms with E-state index in [-0.39, 0.29) is 5.56 Å². The minimum Gasteiger partial charge on any atom is -0.423 e. The molecule has 5 nitrogen and oxygen atoms in total. The molecule has 0 aliphatic heterocycles. The van der Waals surface area contributed by atoms with Crippen LogP contribution in [0.25, 0.3) is 0 Å². The number of hydrogen-bond donors (Lipinski definition) is 1. The molecule has 2 rings (SSSR count). The number of benzene rings is 2. The molecule has 2 aromatic rings. The van der Waals surface area contributed by atoms with Crippen LogP contribution in [0.2, 0.25) is 0 Å². The monoisotopic (exact) mass is 362 g/mol. The summed E-state index contributed by atoms with van der Waals surface area (Å²) in [5.41, 5.74) is 0.957. The third-order valence-corrected chi connectivity index (χ3v) is 5.06. The first-order valence-corrected chi connectivity index (χ1v) is 9.56. The molecule has 0 saturated heterocycles. The van der Waals surface area contributed by atoms with Gasteiger partial charge in [-0.1, -0.05) is 45.0 Å². The number of carbonyl (C=O) groups excluding carboxylic acids is 1. The lowest BCUT2D eigenvalue weighted by molar-refractivity contribution is 0.0730. The Bertz CT molecular complexity index is 838. The molecule has 0 aliphatic carbocycles. The molecule has 0 heterocycles. The largest absolute Gasteiger partial charge is 0.423 e. The lowest BCUT2D eigenvalue weighted by Crippen LogP contribution is -2.14. The van der Waals surface area contributed by atoms with Crippen LogP contribution in [-0.4, -0.2) is 18.9 Å². The van der Waals surface area contributed by atoms with Crippen molar-refractivity contribution in [3.05, 3.63) is 59.7 Å². The summed E-state index contributed by atoms with van der Waals surface area (Å²) in [5.74, 6) is 0.402. The molecule has 0 aromatic heterocycles. The summed E-state index contributed by atoms with van der Waals surface area (Å²) in [5, 5.41) is 0. The number of rotatable bonds is 6. The zero-order valence-corrected chi connectivity index (χ0v) is 15.3. The molecule has 0 spiro atoms. The van der Waals surface area contributed by atoms with E-state index in [1.54, 1.807) is 12.1 Å². The maximum atomic E-state index is 12.3. The van der Waals surface area contributed by atoms with E-state index in [2.05, 4.69) is 20.8 Å². The summed E-state index contributed by atoms with van der Waals surface area (Å²) in [6.45, 7) is 6.45. The van der Waals surface area contributed by atoms with Gasteiger partial charge in [-0.05, 0) is 48.1 Å². The van der Waals surface area contributed by atoms with Crippen LogP contribution in [0.4, 0.5) is 0 Å². The molecule has 6 heteroatoms. The van der Waals surface area contributed by atoms with E-state index in [1.807, 2.05) is 12.1 Å². The topological polar surface area (TPSA) is 80.7 Å². The molecule has 25 heavy (non-hydrogen) atoms. The first-order chi connectivity index (χ1) is 11.7. The van der Waals surface area contributed by atoms with Crippen molar-refractivity contribution < 1.29 is 22.5 Å². The van der Waals surface area contributed by atoms with Gasteiger partial charge in [0.1, 0.15) is 10.6 Å². The second kappa shape index (κ2) is 7.80. The van der Waals surface area contributed by atoms with Crippen LogP contribution < -0.4 is 4.74 Å². The van der Waals surface area contributed by atoms with Crippen LogP contribution in [0.15, 0.2) is 53.4 Å². The molecule has 0 aliphatic rings. The van der Waals surface area contributed by atoms with E-state index >= 15 is 0 Å². The van der Waals surface area contributed by atoms with E-state index in [4.69, 9.17) is 4.74 Å². The Balaban J connectivity index is 2.22. The van der Waals surface area contributed by atoms with Crippen LogP contribution >= 0.6 is 0 Å². The smallest absolute Gasteiger partial charge is 0.344 e. The van der Waals surface area contributed by atoms with Gasteiger partial charge in [-0.3, -0.25) is 4.55 Å². The Kier molecular flexibility index (Phi) is 5.98. The van der Waals surface area contributed by atoms with Gasteiger partial charge in [0.2, 0.25) is 0 Å². The van der Waals surface area contributed by atoms with Gasteiger partial charge in [-0.25, -0.2) is 4.79 Å². The number of esters is 1. The molecular weight excluding hydrogens is 340 g/mol. The molecule has 1 atom stereocenters. The van der Waals surface area contributed by atoms with Gasteiger partial charge in [-0.15, -0.1) is 0 Å². The van der Waals surface area contributed by atoms with Crippen molar-refractivity contribution >= 4 is 16.1 Å².